The van der Waals surface area contributed by atoms with Gasteiger partial charge in [-0.05, 0) is 29.5 Å². The van der Waals surface area contributed by atoms with E-state index in [9.17, 15) is 8.42 Å². The molecule has 2 aromatic rings. The normalized spacial score (nSPS) is 21.1. The Morgan fingerprint density at radius 2 is 2.07 bits per heavy atom. The summed E-state index contributed by atoms with van der Waals surface area (Å²) in [4.78, 5) is 11.5. The molecule has 0 saturated heterocycles. The zero-order valence-electron chi connectivity index (χ0n) is 16.4. The van der Waals surface area contributed by atoms with Gasteiger partial charge < -0.3 is 9.47 Å². The lowest BCUT2D eigenvalue weighted by atomic mass is 9.91. The maximum absolute atomic E-state index is 12.0. The average molecular weight is 440 g/mol. The van der Waals surface area contributed by atoms with Gasteiger partial charge in [0.1, 0.15) is 11.3 Å². The van der Waals surface area contributed by atoms with Crippen molar-refractivity contribution >= 4 is 32.2 Å². The molecule has 3 rings (SSSR count). The predicted molar refractivity (Wildman–Crippen MR) is 110 cm³/mol. The lowest BCUT2D eigenvalue weighted by Gasteiger charge is -2.34. The topological polar surface area (TPSA) is 127 Å². The molecule has 9 nitrogen and oxygen atoms in total. The quantitative estimate of drug-likeness (QED) is 0.266. The fourth-order valence-corrected chi connectivity index (χ4v) is 5.09. The average Bonchev–Trinajstić information content (AvgIpc) is 2.64. The van der Waals surface area contributed by atoms with E-state index in [1.54, 1.807) is 32.3 Å². The summed E-state index contributed by atoms with van der Waals surface area (Å²) in [5.74, 6) is 0.464. The Labute approximate surface area is 173 Å². The molecule has 1 atom stereocenters. The van der Waals surface area contributed by atoms with Crippen LogP contribution in [0.15, 0.2) is 23.6 Å². The molecule has 1 unspecified atom stereocenters. The van der Waals surface area contributed by atoms with Gasteiger partial charge in [-0.2, -0.15) is 0 Å². The van der Waals surface area contributed by atoms with Crippen molar-refractivity contribution in [2.45, 2.75) is 43.6 Å². The second-order valence-electron chi connectivity index (χ2n) is 7.21. The van der Waals surface area contributed by atoms with Crippen LogP contribution in [-0.2, 0) is 20.1 Å². The molecule has 29 heavy (non-hydrogen) atoms. The Bertz CT molecular complexity index is 1070. The van der Waals surface area contributed by atoms with Crippen molar-refractivity contribution in [1.29, 1.82) is 0 Å². The van der Waals surface area contributed by atoms with Crippen molar-refractivity contribution in [3.8, 4) is 5.88 Å². The van der Waals surface area contributed by atoms with Crippen molar-refractivity contribution in [2.24, 2.45) is 5.11 Å². The summed E-state index contributed by atoms with van der Waals surface area (Å²) in [5.41, 5.74) is 8.63. The van der Waals surface area contributed by atoms with Crippen molar-refractivity contribution < 1.29 is 17.9 Å². The first-order valence-electron chi connectivity index (χ1n) is 9.12. The molecular formula is C18H22ClN5O4S. The fourth-order valence-electron chi connectivity index (χ4n) is 3.45. The zero-order chi connectivity index (χ0) is 21.2. The van der Waals surface area contributed by atoms with Crippen LogP contribution in [0.1, 0.15) is 32.3 Å². The van der Waals surface area contributed by atoms with E-state index >= 15 is 0 Å². The number of ether oxygens (including phenoxy) is 2. The highest BCUT2D eigenvalue weighted by atomic mass is 35.5. The molecule has 0 aromatic carbocycles. The van der Waals surface area contributed by atoms with Gasteiger partial charge in [-0.3, -0.25) is 0 Å². The van der Waals surface area contributed by atoms with Gasteiger partial charge in [0.2, 0.25) is 5.88 Å². The fraction of sp³-hybridized carbons (Fsp3) is 0.556. The van der Waals surface area contributed by atoms with Crippen LogP contribution in [0.3, 0.4) is 0 Å². The number of aromatic nitrogens is 2. The van der Waals surface area contributed by atoms with Crippen LogP contribution in [0, 0.1) is 0 Å². The van der Waals surface area contributed by atoms with Gasteiger partial charge in [-0.1, -0.05) is 23.6 Å². The molecule has 1 fully saturated rings. The lowest BCUT2D eigenvalue weighted by Crippen LogP contribution is -2.43. The highest BCUT2D eigenvalue weighted by Gasteiger charge is 2.39. The number of hydrogen-bond acceptors (Lipinski definition) is 7. The molecule has 1 aliphatic carbocycles. The van der Waals surface area contributed by atoms with Gasteiger partial charge in [0.25, 0.3) is 0 Å². The third-order valence-electron chi connectivity index (χ3n) is 5.21. The minimum Gasteiger partial charge on any atom is -0.474 e. The van der Waals surface area contributed by atoms with E-state index in [2.05, 4.69) is 20.0 Å². The summed E-state index contributed by atoms with van der Waals surface area (Å²) in [6, 6.07) is 1.66. The first-order chi connectivity index (χ1) is 13.7. The van der Waals surface area contributed by atoms with Gasteiger partial charge in [-0.15, -0.1) is 0 Å². The number of azide groups is 1. The molecule has 0 bridgehead atoms. The summed E-state index contributed by atoms with van der Waals surface area (Å²) in [7, 11) is -1.55. The van der Waals surface area contributed by atoms with Crippen molar-refractivity contribution in [3.63, 3.8) is 0 Å². The molecule has 1 saturated carbocycles. The molecule has 2 heterocycles. The van der Waals surface area contributed by atoms with Crippen molar-refractivity contribution in [3.05, 3.63) is 39.6 Å². The zero-order valence-corrected chi connectivity index (χ0v) is 17.9. The molecule has 2 aromatic heterocycles. The van der Waals surface area contributed by atoms with Crippen LogP contribution in [0.25, 0.3) is 21.2 Å². The Hall–Kier alpha value is -2.13. The first-order valence-corrected chi connectivity index (χ1v) is 11.2. The molecule has 1 aliphatic rings. The summed E-state index contributed by atoms with van der Waals surface area (Å²) in [5, 5.41) is 5.09. The number of pyridine rings is 2. The molecule has 0 aliphatic heterocycles. The smallest absolute Gasteiger partial charge is 0.223 e. The van der Waals surface area contributed by atoms with Crippen molar-refractivity contribution in [1.82, 2.24) is 9.97 Å². The Balaban J connectivity index is 1.97. The molecule has 0 radical (unpaired) electrons. The van der Waals surface area contributed by atoms with Crippen LogP contribution in [0.2, 0.25) is 5.15 Å². The highest BCUT2D eigenvalue weighted by molar-refractivity contribution is 7.92. The standard InChI is InChI=1S/C18H22ClN5O4S/c1-4-29(25,26)12-5-11(6-12)28-17-14-8-21-16(19)7-13(14)15(9-22-17)18(2,10-27-3)23-24-20/h7-9,11-12H,4-6,10H2,1-3H3/t11-,12+,18?. The second-order valence-corrected chi connectivity index (χ2v) is 10.2. The summed E-state index contributed by atoms with van der Waals surface area (Å²) >= 11 is 6.10. The number of nitrogens with zero attached hydrogens (tertiary/aromatic N) is 5. The van der Waals surface area contributed by atoms with Gasteiger partial charge in [0.05, 0.1) is 22.8 Å². The summed E-state index contributed by atoms with van der Waals surface area (Å²) in [6.07, 6.45) is 3.75. The van der Waals surface area contributed by atoms with E-state index in [1.807, 2.05) is 0 Å². The maximum atomic E-state index is 12.0. The minimum absolute atomic E-state index is 0.125. The number of fused-ring (bicyclic) bond motifs is 1. The van der Waals surface area contributed by atoms with Crippen LogP contribution in [0.5, 0.6) is 5.88 Å². The third kappa shape index (κ3) is 4.25. The molecule has 11 heteroatoms. The summed E-state index contributed by atoms with van der Waals surface area (Å²) < 4.78 is 35.1. The van der Waals surface area contributed by atoms with Crippen molar-refractivity contribution in [2.75, 3.05) is 19.5 Å². The largest absolute Gasteiger partial charge is 0.474 e. The highest BCUT2D eigenvalue weighted by Crippen LogP contribution is 2.38. The predicted octanol–water partition coefficient (Wildman–Crippen LogP) is 3.80. The van der Waals surface area contributed by atoms with Crippen LogP contribution in [0.4, 0.5) is 0 Å². The van der Waals surface area contributed by atoms with Gasteiger partial charge in [-0.25, -0.2) is 18.4 Å². The van der Waals surface area contributed by atoms with Gasteiger partial charge >= 0.3 is 0 Å². The van der Waals surface area contributed by atoms with E-state index in [1.165, 1.54) is 7.11 Å². The van der Waals surface area contributed by atoms with Gasteiger partial charge in [0, 0.05) is 43.0 Å². The SMILES string of the molecule is CCS(=O)(=O)[C@H]1C[C@@H](Oc2ncc(C(C)(COC)N=[N+]=[N-])c3cc(Cl)ncc23)C1. The second kappa shape index (κ2) is 8.31. The molecule has 0 spiro atoms. The number of hydrogen-bond donors (Lipinski definition) is 0. The van der Waals surface area contributed by atoms with E-state index in [-0.39, 0.29) is 28.9 Å². The Kier molecular flexibility index (Phi) is 6.19. The number of methoxy groups -OCH3 is 1. The Morgan fingerprint density at radius 3 is 2.69 bits per heavy atom. The van der Waals surface area contributed by atoms with Crippen LogP contribution in [-0.4, -0.2) is 49.2 Å². The molecular weight excluding hydrogens is 418 g/mol. The van der Waals surface area contributed by atoms with Crippen LogP contribution < -0.4 is 4.74 Å². The van der Waals surface area contributed by atoms with E-state index in [0.29, 0.717) is 35.1 Å². The molecule has 156 valence electrons. The number of rotatable bonds is 8. The number of sulfone groups is 1. The van der Waals surface area contributed by atoms with E-state index < -0.39 is 15.4 Å². The molecule has 0 N–H and O–H groups in total. The molecule has 0 amide bonds. The first kappa shape index (κ1) is 21.6. The maximum Gasteiger partial charge on any atom is 0.223 e. The van der Waals surface area contributed by atoms with E-state index in [0.717, 1.165) is 0 Å². The summed E-state index contributed by atoms with van der Waals surface area (Å²) in [6.45, 7) is 3.54. The Morgan fingerprint density at radius 1 is 1.34 bits per heavy atom. The minimum atomic E-state index is -3.06. The van der Waals surface area contributed by atoms with Crippen LogP contribution >= 0.6 is 11.6 Å². The lowest BCUT2D eigenvalue weighted by molar-refractivity contribution is 0.119. The van der Waals surface area contributed by atoms with E-state index in [4.69, 9.17) is 26.6 Å². The monoisotopic (exact) mass is 439 g/mol. The number of halogens is 1. The third-order valence-corrected chi connectivity index (χ3v) is 7.63. The van der Waals surface area contributed by atoms with Gasteiger partial charge in [0.15, 0.2) is 9.84 Å².